The second-order valence-corrected chi connectivity index (χ2v) is 8.06. The summed E-state index contributed by atoms with van der Waals surface area (Å²) in [6, 6.07) is 21.5. The van der Waals surface area contributed by atoms with Gasteiger partial charge in [0.05, 0.1) is 5.71 Å². The first-order valence-electron chi connectivity index (χ1n) is 10.1. The molecule has 3 aromatic carbocycles. The lowest BCUT2D eigenvalue weighted by atomic mass is 10.1. The van der Waals surface area contributed by atoms with E-state index in [9.17, 15) is 9.59 Å². The molecule has 0 atom stereocenters. The number of halogens is 1. The molecular formula is C25H20BrN3O4. The molecule has 7 nitrogen and oxygen atoms in total. The van der Waals surface area contributed by atoms with Gasteiger partial charge in [0.2, 0.25) is 6.79 Å². The summed E-state index contributed by atoms with van der Waals surface area (Å²) in [5.41, 5.74) is 5.10. The highest BCUT2D eigenvalue weighted by molar-refractivity contribution is 9.10. The first kappa shape index (κ1) is 22.3. The van der Waals surface area contributed by atoms with Gasteiger partial charge in [-0.15, -0.1) is 0 Å². The van der Waals surface area contributed by atoms with Crippen LogP contribution in [0.2, 0.25) is 0 Å². The van der Waals surface area contributed by atoms with Crippen LogP contribution < -0.4 is 20.2 Å². The highest BCUT2D eigenvalue weighted by Crippen LogP contribution is 2.33. The molecule has 0 saturated heterocycles. The predicted octanol–water partition coefficient (Wildman–Crippen LogP) is 4.49. The Morgan fingerprint density at radius 1 is 0.939 bits per heavy atom. The monoisotopic (exact) mass is 505 g/mol. The van der Waals surface area contributed by atoms with Gasteiger partial charge >= 0.3 is 0 Å². The van der Waals surface area contributed by atoms with Crippen molar-refractivity contribution in [1.82, 2.24) is 10.7 Å². The summed E-state index contributed by atoms with van der Waals surface area (Å²) in [7, 11) is 0. The molecule has 3 aromatic rings. The van der Waals surface area contributed by atoms with Crippen molar-refractivity contribution in [3.05, 3.63) is 99.7 Å². The third-order valence-corrected chi connectivity index (χ3v) is 5.30. The first-order valence-corrected chi connectivity index (χ1v) is 10.9. The van der Waals surface area contributed by atoms with Crippen molar-refractivity contribution in [3.8, 4) is 11.5 Å². The topological polar surface area (TPSA) is 89.0 Å². The van der Waals surface area contributed by atoms with Crippen molar-refractivity contribution in [2.24, 2.45) is 5.10 Å². The summed E-state index contributed by atoms with van der Waals surface area (Å²) in [4.78, 5) is 25.7. The number of carbonyl (C=O) groups excluding carboxylic acids is 2. The molecule has 8 heteroatoms. The maximum absolute atomic E-state index is 13.0. The lowest BCUT2D eigenvalue weighted by Crippen LogP contribution is -2.33. The molecule has 1 heterocycles. The fourth-order valence-corrected chi connectivity index (χ4v) is 3.48. The maximum Gasteiger partial charge on any atom is 0.287 e. The number of amides is 2. The van der Waals surface area contributed by atoms with Crippen LogP contribution in [-0.4, -0.2) is 24.3 Å². The first-order chi connectivity index (χ1) is 16.0. The molecular weight excluding hydrogens is 486 g/mol. The SMILES string of the molecule is C/C(=N\NC(=O)/C(=C\c1ccc2c(c1)OCO2)NC(=O)c1ccccc1)c1cccc(Br)c1. The van der Waals surface area contributed by atoms with Gasteiger partial charge < -0.3 is 14.8 Å². The minimum Gasteiger partial charge on any atom is -0.454 e. The Morgan fingerprint density at radius 3 is 2.48 bits per heavy atom. The van der Waals surface area contributed by atoms with Crippen molar-refractivity contribution >= 4 is 39.5 Å². The Labute approximate surface area is 199 Å². The predicted molar refractivity (Wildman–Crippen MR) is 129 cm³/mol. The van der Waals surface area contributed by atoms with E-state index in [0.29, 0.717) is 28.3 Å². The summed E-state index contributed by atoms with van der Waals surface area (Å²) in [5, 5.41) is 6.88. The third-order valence-electron chi connectivity index (χ3n) is 4.80. The van der Waals surface area contributed by atoms with Crippen LogP contribution in [0.5, 0.6) is 11.5 Å². The molecule has 1 aliphatic rings. The van der Waals surface area contributed by atoms with Gasteiger partial charge in [-0.25, -0.2) is 5.43 Å². The molecule has 0 radical (unpaired) electrons. The van der Waals surface area contributed by atoms with Crippen molar-refractivity contribution in [3.63, 3.8) is 0 Å². The van der Waals surface area contributed by atoms with E-state index in [4.69, 9.17) is 9.47 Å². The number of nitrogens with zero attached hydrogens (tertiary/aromatic N) is 1. The quantitative estimate of drug-likeness (QED) is 0.293. The molecule has 0 bridgehead atoms. The van der Waals surface area contributed by atoms with Gasteiger partial charge in [0.25, 0.3) is 11.8 Å². The van der Waals surface area contributed by atoms with E-state index in [1.54, 1.807) is 55.5 Å². The van der Waals surface area contributed by atoms with E-state index >= 15 is 0 Å². The van der Waals surface area contributed by atoms with E-state index < -0.39 is 11.8 Å². The Kier molecular flexibility index (Phi) is 6.85. The van der Waals surface area contributed by atoms with Gasteiger partial charge in [0.1, 0.15) is 5.70 Å². The number of hydrazone groups is 1. The number of ether oxygens (including phenoxy) is 2. The van der Waals surface area contributed by atoms with E-state index in [2.05, 4.69) is 31.8 Å². The van der Waals surface area contributed by atoms with E-state index in [1.165, 1.54) is 0 Å². The summed E-state index contributed by atoms with van der Waals surface area (Å²) in [6.07, 6.45) is 1.56. The third kappa shape index (κ3) is 5.67. The van der Waals surface area contributed by atoms with Crippen LogP contribution in [0.3, 0.4) is 0 Å². The van der Waals surface area contributed by atoms with Crippen LogP contribution >= 0.6 is 15.9 Å². The molecule has 166 valence electrons. The fourth-order valence-electron chi connectivity index (χ4n) is 3.08. The normalized spacial score (nSPS) is 12.9. The molecule has 0 spiro atoms. The zero-order valence-electron chi connectivity index (χ0n) is 17.7. The van der Waals surface area contributed by atoms with Crippen molar-refractivity contribution in [2.75, 3.05) is 6.79 Å². The average Bonchev–Trinajstić information content (AvgIpc) is 3.30. The molecule has 2 N–H and O–H groups in total. The van der Waals surface area contributed by atoms with E-state index in [-0.39, 0.29) is 12.5 Å². The van der Waals surface area contributed by atoms with E-state index in [1.807, 2.05) is 30.3 Å². The smallest absolute Gasteiger partial charge is 0.287 e. The molecule has 0 aliphatic carbocycles. The highest BCUT2D eigenvalue weighted by atomic mass is 79.9. The lowest BCUT2D eigenvalue weighted by molar-refractivity contribution is -0.117. The molecule has 33 heavy (non-hydrogen) atoms. The van der Waals surface area contributed by atoms with Crippen LogP contribution in [0.15, 0.2) is 88.1 Å². The highest BCUT2D eigenvalue weighted by Gasteiger charge is 2.17. The van der Waals surface area contributed by atoms with E-state index in [0.717, 1.165) is 10.0 Å². The molecule has 4 rings (SSSR count). The van der Waals surface area contributed by atoms with Gasteiger partial charge in [-0.3, -0.25) is 9.59 Å². The summed E-state index contributed by atoms with van der Waals surface area (Å²) >= 11 is 3.42. The minimum atomic E-state index is -0.564. The van der Waals surface area contributed by atoms with Crippen LogP contribution in [-0.2, 0) is 4.79 Å². The molecule has 0 fully saturated rings. The number of benzene rings is 3. The number of fused-ring (bicyclic) bond motifs is 1. The minimum absolute atomic E-state index is 0.0357. The van der Waals surface area contributed by atoms with Gasteiger partial charge in [-0.1, -0.05) is 52.3 Å². The van der Waals surface area contributed by atoms with Crippen molar-refractivity contribution < 1.29 is 19.1 Å². The van der Waals surface area contributed by atoms with Crippen LogP contribution in [0.1, 0.15) is 28.4 Å². The Bertz CT molecular complexity index is 1260. The summed E-state index contributed by atoms with van der Waals surface area (Å²) in [5.74, 6) is 0.221. The Balaban J connectivity index is 1.59. The van der Waals surface area contributed by atoms with Gasteiger partial charge in [0.15, 0.2) is 11.5 Å². The number of hydrogen-bond acceptors (Lipinski definition) is 5. The standard InChI is InChI=1S/C25H20BrN3O4/c1-16(19-8-5-9-20(26)14-19)28-29-25(31)21(27-24(30)18-6-3-2-4-7-18)12-17-10-11-22-23(13-17)33-15-32-22/h2-14H,15H2,1H3,(H,27,30)(H,29,31)/b21-12+,28-16+. The van der Waals surface area contributed by atoms with Crippen LogP contribution in [0.25, 0.3) is 6.08 Å². The zero-order valence-corrected chi connectivity index (χ0v) is 19.3. The average molecular weight is 506 g/mol. The second-order valence-electron chi connectivity index (χ2n) is 7.14. The second kappa shape index (κ2) is 10.1. The molecule has 1 aliphatic heterocycles. The molecule has 0 aromatic heterocycles. The Hall–Kier alpha value is -3.91. The zero-order chi connectivity index (χ0) is 23.2. The van der Waals surface area contributed by atoms with Gasteiger partial charge in [-0.2, -0.15) is 5.10 Å². The summed E-state index contributed by atoms with van der Waals surface area (Å²) < 4.78 is 11.6. The van der Waals surface area contributed by atoms with Crippen molar-refractivity contribution in [2.45, 2.75) is 6.92 Å². The maximum atomic E-state index is 13.0. The molecule has 0 saturated carbocycles. The largest absolute Gasteiger partial charge is 0.454 e. The van der Waals surface area contributed by atoms with Gasteiger partial charge in [-0.05, 0) is 60.5 Å². The summed E-state index contributed by atoms with van der Waals surface area (Å²) in [6.45, 7) is 1.93. The number of carbonyl (C=O) groups is 2. The number of hydrogen-bond donors (Lipinski definition) is 2. The number of rotatable bonds is 6. The molecule has 0 unspecified atom stereocenters. The number of nitrogens with one attached hydrogen (secondary N) is 2. The molecule has 2 amide bonds. The van der Waals surface area contributed by atoms with Crippen molar-refractivity contribution in [1.29, 1.82) is 0 Å². The fraction of sp³-hybridized carbons (Fsp3) is 0.0800. The van der Waals surface area contributed by atoms with Gasteiger partial charge in [0, 0.05) is 10.0 Å². The van der Waals surface area contributed by atoms with Crippen LogP contribution in [0.4, 0.5) is 0 Å². The van der Waals surface area contributed by atoms with Crippen LogP contribution in [0, 0.1) is 0 Å². The lowest BCUT2D eigenvalue weighted by Gasteiger charge is -2.10. The Morgan fingerprint density at radius 2 is 1.70 bits per heavy atom.